The Balaban J connectivity index is 1.49. The van der Waals surface area contributed by atoms with Crippen LogP contribution in [0.1, 0.15) is 46.5 Å². The summed E-state index contributed by atoms with van der Waals surface area (Å²) in [5.74, 6) is -0.191. The zero-order chi connectivity index (χ0) is 18.7. The van der Waals surface area contributed by atoms with Gasteiger partial charge in [-0.15, -0.1) is 0 Å². The van der Waals surface area contributed by atoms with Gasteiger partial charge in [-0.2, -0.15) is 0 Å². The Morgan fingerprint density at radius 2 is 1.88 bits per heavy atom. The van der Waals surface area contributed by atoms with E-state index in [9.17, 15) is 9.18 Å². The minimum Gasteiger partial charge on any atom is -0.462 e. The topological polar surface area (TPSA) is 32.8 Å². The molecule has 4 nitrogen and oxygen atoms in total. The largest absolute Gasteiger partial charge is 0.462 e. The van der Waals surface area contributed by atoms with Crippen molar-refractivity contribution in [2.45, 2.75) is 58.6 Å². The Bertz CT molecular complexity index is 615. The predicted octanol–water partition coefficient (Wildman–Crippen LogP) is 3.85. The van der Waals surface area contributed by atoms with Crippen molar-refractivity contribution in [3.8, 4) is 0 Å². The number of ether oxygens (including phenoxy) is 1. The summed E-state index contributed by atoms with van der Waals surface area (Å²) in [5, 5.41) is 0. The van der Waals surface area contributed by atoms with E-state index < -0.39 is 0 Å². The van der Waals surface area contributed by atoms with Gasteiger partial charge in [-0.1, -0.05) is 13.8 Å². The number of anilines is 1. The van der Waals surface area contributed by atoms with Crippen LogP contribution in [0.4, 0.5) is 10.1 Å². The molecule has 0 bridgehead atoms. The number of halogens is 1. The van der Waals surface area contributed by atoms with Gasteiger partial charge in [0, 0.05) is 44.3 Å². The molecule has 0 aromatic heterocycles. The minimum absolute atomic E-state index is 0.00185. The van der Waals surface area contributed by atoms with Crippen LogP contribution < -0.4 is 4.90 Å². The fourth-order valence-corrected chi connectivity index (χ4v) is 4.40. The van der Waals surface area contributed by atoms with Crippen molar-refractivity contribution in [1.82, 2.24) is 4.90 Å². The number of piperazine rings is 1. The molecular weight excluding hydrogens is 331 g/mol. The molecule has 0 N–H and O–H groups in total. The summed E-state index contributed by atoms with van der Waals surface area (Å²) >= 11 is 0. The maximum absolute atomic E-state index is 13.1. The van der Waals surface area contributed by atoms with E-state index >= 15 is 0 Å². The number of carbonyl (C=O) groups excluding carboxylic acids is 1. The maximum Gasteiger partial charge on any atom is 0.312 e. The molecular formula is C21H31FN2O2. The number of cyclic esters (lactones) is 1. The lowest BCUT2D eigenvalue weighted by Gasteiger charge is -2.41. The van der Waals surface area contributed by atoms with E-state index in [-0.39, 0.29) is 23.3 Å². The van der Waals surface area contributed by atoms with Crippen molar-refractivity contribution in [1.29, 1.82) is 0 Å². The summed E-state index contributed by atoms with van der Waals surface area (Å²) in [4.78, 5) is 17.0. The second-order valence-electron chi connectivity index (χ2n) is 7.83. The second kappa shape index (κ2) is 7.95. The van der Waals surface area contributed by atoms with Crippen molar-refractivity contribution in [3.05, 3.63) is 30.1 Å². The number of nitrogens with zero attached hydrogens (tertiary/aromatic N) is 2. The third-order valence-corrected chi connectivity index (χ3v) is 6.32. The van der Waals surface area contributed by atoms with Gasteiger partial charge in [0.25, 0.3) is 0 Å². The standard InChI is InChI=1S/C21H31FN2O2/c1-4-21(5-2)14-19(26-20(21)25)10-11-23-12-13-24(16(3)15-23)18-8-6-17(22)7-9-18/h6-9,16,19H,4-5,10-15H2,1-3H3/t16-,19-/m0/s1. The molecule has 2 aliphatic rings. The molecule has 26 heavy (non-hydrogen) atoms. The highest BCUT2D eigenvalue weighted by Crippen LogP contribution is 2.41. The van der Waals surface area contributed by atoms with Gasteiger partial charge >= 0.3 is 5.97 Å². The van der Waals surface area contributed by atoms with Crippen LogP contribution in [-0.4, -0.2) is 49.2 Å². The van der Waals surface area contributed by atoms with Gasteiger partial charge in [0.2, 0.25) is 0 Å². The molecule has 0 radical (unpaired) electrons. The molecule has 2 atom stereocenters. The average Bonchev–Trinajstić information content (AvgIpc) is 2.97. The Morgan fingerprint density at radius 1 is 1.19 bits per heavy atom. The molecule has 0 saturated carbocycles. The molecule has 0 aliphatic carbocycles. The van der Waals surface area contributed by atoms with Crippen LogP contribution >= 0.6 is 0 Å². The third-order valence-electron chi connectivity index (χ3n) is 6.32. The van der Waals surface area contributed by atoms with Gasteiger partial charge in [-0.25, -0.2) is 4.39 Å². The quantitative estimate of drug-likeness (QED) is 0.720. The Morgan fingerprint density at radius 3 is 2.46 bits per heavy atom. The van der Waals surface area contributed by atoms with Crippen LogP contribution in [0.5, 0.6) is 0 Å². The number of carbonyl (C=O) groups is 1. The van der Waals surface area contributed by atoms with Gasteiger partial charge in [0.1, 0.15) is 11.9 Å². The lowest BCUT2D eigenvalue weighted by Crippen LogP contribution is -2.52. The van der Waals surface area contributed by atoms with E-state index in [4.69, 9.17) is 4.74 Å². The molecule has 3 rings (SSSR count). The normalized spacial score (nSPS) is 26.2. The first-order valence-electron chi connectivity index (χ1n) is 9.93. The van der Waals surface area contributed by atoms with Crippen LogP contribution in [0, 0.1) is 11.2 Å². The summed E-state index contributed by atoms with van der Waals surface area (Å²) in [6.45, 7) is 10.2. The Hall–Kier alpha value is -1.62. The van der Waals surface area contributed by atoms with Gasteiger partial charge in [-0.3, -0.25) is 9.69 Å². The Labute approximate surface area is 156 Å². The van der Waals surface area contributed by atoms with E-state index in [0.29, 0.717) is 6.04 Å². The summed E-state index contributed by atoms with van der Waals surface area (Å²) in [7, 11) is 0. The van der Waals surface area contributed by atoms with E-state index in [1.54, 1.807) is 0 Å². The van der Waals surface area contributed by atoms with E-state index in [1.807, 2.05) is 12.1 Å². The smallest absolute Gasteiger partial charge is 0.312 e. The summed E-state index contributed by atoms with van der Waals surface area (Å²) < 4.78 is 18.8. The van der Waals surface area contributed by atoms with Crippen LogP contribution in [0.3, 0.4) is 0 Å². The van der Waals surface area contributed by atoms with Crippen LogP contribution in [-0.2, 0) is 9.53 Å². The number of hydrogen-bond donors (Lipinski definition) is 0. The first-order chi connectivity index (χ1) is 12.5. The second-order valence-corrected chi connectivity index (χ2v) is 7.83. The fourth-order valence-electron chi connectivity index (χ4n) is 4.40. The van der Waals surface area contributed by atoms with Gasteiger partial charge < -0.3 is 9.64 Å². The first-order valence-corrected chi connectivity index (χ1v) is 9.93. The molecule has 5 heteroatoms. The van der Waals surface area contributed by atoms with Crippen LogP contribution in [0.25, 0.3) is 0 Å². The zero-order valence-corrected chi connectivity index (χ0v) is 16.2. The van der Waals surface area contributed by atoms with Gasteiger partial charge in [0.15, 0.2) is 0 Å². The molecule has 2 fully saturated rings. The zero-order valence-electron chi connectivity index (χ0n) is 16.2. The molecule has 0 unspecified atom stereocenters. The number of esters is 1. The molecule has 144 valence electrons. The summed E-state index contributed by atoms with van der Waals surface area (Å²) in [6.07, 6.45) is 3.58. The highest BCUT2D eigenvalue weighted by Gasteiger charge is 2.46. The number of benzene rings is 1. The SMILES string of the molecule is CCC1(CC)C[C@H](CCN2CCN(c3ccc(F)cc3)[C@@H](C)C2)OC1=O. The Kier molecular flexibility index (Phi) is 5.86. The first kappa shape index (κ1) is 19.2. The molecule has 2 saturated heterocycles. The lowest BCUT2D eigenvalue weighted by atomic mass is 9.79. The van der Waals surface area contributed by atoms with Crippen molar-refractivity contribution in [3.63, 3.8) is 0 Å². The maximum atomic E-state index is 13.1. The number of hydrogen-bond acceptors (Lipinski definition) is 4. The monoisotopic (exact) mass is 362 g/mol. The van der Waals surface area contributed by atoms with Gasteiger partial charge in [-0.05, 0) is 50.5 Å². The molecule has 2 heterocycles. The highest BCUT2D eigenvalue weighted by molar-refractivity contribution is 5.78. The fraction of sp³-hybridized carbons (Fsp3) is 0.667. The van der Waals surface area contributed by atoms with Crippen molar-refractivity contribution in [2.75, 3.05) is 31.1 Å². The molecule has 0 amide bonds. The van der Waals surface area contributed by atoms with Crippen molar-refractivity contribution >= 4 is 11.7 Å². The van der Waals surface area contributed by atoms with Crippen molar-refractivity contribution in [2.24, 2.45) is 5.41 Å². The predicted molar refractivity (Wildman–Crippen MR) is 102 cm³/mol. The number of rotatable bonds is 6. The summed E-state index contributed by atoms with van der Waals surface area (Å²) in [6, 6.07) is 7.14. The van der Waals surface area contributed by atoms with Crippen LogP contribution in [0.15, 0.2) is 24.3 Å². The minimum atomic E-state index is -0.251. The van der Waals surface area contributed by atoms with Crippen molar-refractivity contribution < 1.29 is 13.9 Å². The highest BCUT2D eigenvalue weighted by atomic mass is 19.1. The van der Waals surface area contributed by atoms with Gasteiger partial charge in [0.05, 0.1) is 5.41 Å². The van der Waals surface area contributed by atoms with E-state index in [1.165, 1.54) is 12.1 Å². The molecule has 1 aromatic carbocycles. The average molecular weight is 362 g/mol. The van der Waals surface area contributed by atoms with Crippen LogP contribution in [0.2, 0.25) is 0 Å². The lowest BCUT2D eigenvalue weighted by molar-refractivity contribution is -0.149. The molecule has 1 aromatic rings. The van der Waals surface area contributed by atoms with E-state index in [0.717, 1.165) is 57.5 Å². The third kappa shape index (κ3) is 3.88. The molecule has 2 aliphatic heterocycles. The van der Waals surface area contributed by atoms with E-state index in [2.05, 4.69) is 30.6 Å². The molecule has 0 spiro atoms. The summed E-state index contributed by atoms with van der Waals surface area (Å²) in [5.41, 5.74) is 0.832.